The quantitative estimate of drug-likeness (QED) is 0.809. The van der Waals surface area contributed by atoms with Crippen LogP contribution in [-0.2, 0) is 0 Å². The maximum atomic E-state index is 12.7. The predicted molar refractivity (Wildman–Crippen MR) is 93.2 cm³/mol. The molecular weight excluding hydrogens is 328 g/mol. The normalized spacial score (nSPS) is 15.0. The molecule has 0 unspecified atom stereocenters. The number of hydrogen-bond donors (Lipinski definition) is 1. The summed E-state index contributed by atoms with van der Waals surface area (Å²) in [4.78, 5) is 4.75. The second-order valence-electron chi connectivity index (χ2n) is 5.20. The molecule has 0 aliphatic carbocycles. The molecule has 1 fully saturated rings. The minimum Gasteiger partial charge on any atom is -0.492 e. The lowest BCUT2D eigenvalue weighted by Gasteiger charge is -2.29. The number of nitrogens with one attached hydrogen (secondary N) is 1. The largest absolute Gasteiger partial charge is 0.492 e. The summed E-state index contributed by atoms with van der Waals surface area (Å²) in [6.45, 7) is 8.13. The lowest BCUT2D eigenvalue weighted by molar-refractivity contribution is 0.187. The Morgan fingerprint density at radius 2 is 1.77 bits per heavy atom. The molecule has 7 heteroatoms. The minimum atomic E-state index is -0.231. The molecule has 1 saturated heterocycles. The van der Waals surface area contributed by atoms with Crippen molar-refractivity contribution in [2.45, 2.75) is 0 Å². The molecule has 0 amide bonds. The lowest BCUT2D eigenvalue weighted by atomic mass is 10.3. The Hall–Kier alpha value is -0.590. The SMILES string of the molecule is CN(CCOc1ccc(F)cc1)CCN1CCNCC1.Cl.Cl. The van der Waals surface area contributed by atoms with Gasteiger partial charge in [-0.2, -0.15) is 0 Å². The van der Waals surface area contributed by atoms with Crippen LogP contribution in [0, 0.1) is 5.82 Å². The second kappa shape index (κ2) is 11.9. The van der Waals surface area contributed by atoms with Gasteiger partial charge in [0.2, 0.25) is 0 Å². The summed E-state index contributed by atoms with van der Waals surface area (Å²) in [6, 6.07) is 6.17. The zero-order chi connectivity index (χ0) is 14.2. The van der Waals surface area contributed by atoms with Crippen LogP contribution in [0.4, 0.5) is 4.39 Å². The van der Waals surface area contributed by atoms with Gasteiger partial charge in [0.15, 0.2) is 0 Å². The third kappa shape index (κ3) is 8.15. The number of hydrogen-bond acceptors (Lipinski definition) is 4. The molecular formula is C15H26Cl2FN3O. The third-order valence-corrected chi connectivity index (χ3v) is 3.56. The van der Waals surface area contributed by atoms with Gasteiger partial charge in [-0.15, -0.1) is 24.8 Å². The zero-order valence-electron chi connectivity index (χ0n) is 13.0. The van der Waals surface area contributed by atoms with Crippen molar-refractivity contribution < 1.29 is 9.13 Å². The van der Waals surface area contributed by atoms with Crippen molar-refractivity contribution in [3.63, 3.8) is 0 Å². The fourth-order valence-corrected chi connectivity index (χ4v) is 2.21. The molecule has 1 aromatic carbocycles. The molecule has 0 bridgehead atoms. The van der Waals surface area contributed by atoms with Crippen LogP contribution in [0.1, 0.15) is 0 Å². The average molecular weight is 354 g/mol. The van der Waals surface area contributed by atoms with E-state index in [9.17, 15) is 4.39 Å². The molecule has 1 aliphatic rings. The van der Waals surface area contributed by atoms with Crippen molar-refractivity contribution in [1.29, 1.82) is 0 Å². The highest BCUT2D eigenvalue weighted by Gasteiger charge is 2.09. The Kier molecular flexibility index (Phi) is 11.6. The third-order valence-electron chi connectivity index (χ3n) is 3.56. The van der Waals surface area contributed by atoms with Gasteiger partial charge in [-0.25, -0.2) is 4.39 Å². The Labute approximate surface area is 144 Å². The predicted octanol–water partition coefficient (Wildman–Crippen LogP) is 1.89. The summed E-state index contributed by atoms with van der Waals surface area (Å²) < 4.78 is 18.3. The minimum absolute atomic E-state index is 0. The van der Waals surface area contributed by atoms with Crippen molar-refractivity contribution in [2.24, 2.45) is 0 Å². The van der Waals surface area contributed by atoms with E-state index in [4.69, 9.17) is 4.74 Å². The van der Waals surface area contributed by atoms with Crippen LogP contribution in [0.2, 0.25) is 0 Å². The van der Waals surface area contributed by atoms with Crippen molar-refractivity contribution in [3.05, 3.63) is 30.1 Å². The number of piperazine rings is 1. The molecule has 1 N–H and O–H groups in total. The van der Waals surface area contributed by atoms with Gasteiger partial charge in [0.25, 0.3) is 0 Å². The highest BCUT2D eigenvalue weighted by atomic mass is 35.5. The highest BCUT2D eigenvalue weighted by Crippen LogP contribution is 2.10. The molecule has 0 saturated carbocycles. The summed E-state index contributed by atoms with van der Waals surface area (Å²) >= 11 is 0. The van der Waals surface area contributed by atoms with E-state index in [-0.39, 0.29) is 30.6 Å². The molecule has 1 heterocycles. The van der Waals surface area contributed by atoms with Gasteiger partial charge in [-0.05, 0) is 31.3 Å². The summed E-state index contributed by atoms with van der Waals surface area (Å²) in [5, 5.41) is 3.36. The van der Waals surface area contributed by atoms with E-state index in [0.29, 0.717) is 6.61 Å². The van der Waals surface area contributed by atoms with Gasteiger partial charge in [0.1, 0.15) is 18.2 Å². The molecule has 22 heavy (non-hydrogen) atoms. The number of nitrogens with zero attached hydrogens (tertiary/aromatic N) is 2. The Morgan fingerprint density at radius 1 is 1.14 bits per heavy atom. The first kappa shape index (κ1) is 21.4. The van der Waals surface area contributed by atoms with Crippen LogP contribution in [0.15, 0.2) is 24.3 Å². The Bertz CT molecular complexity index is 389. The second-order valence-corrected chi connectivity index (χ2v) is 5.20. The van der Waals surface area contributed by atoms with Crippen molar-refractivity contribution in [3.8, 4) is 5.75 Å². The van der Waals surface area contributed by atoms with E-state index in [2.05, 4.69) is 22.2 Å². The number of ether oxygens (including phenoxy) is 1. The molecule has 4 nitrogen and oxygen atoms in total. The fraction of sp³-hybridized carbons (Fsp3) is 0.600. The van der Waals surface area contributed by atoms with E-state index in [1.807, 2.05) is 0 Å². The van der Waals surface area contributed by atoms with Crippen molar-refractivity contribution >= 4 is 24.8 Å². The van der Waals surface area contributed by atoms with Crippen LogP contribution >= 0.6 is 24.8 Å². The number of halogens is 3. The number of benzene rings is 1. The first-order valence-corrected chi connectivity index (χ1v) is 7.24. The number of likely N-dealkylation sites (N-methyl/N-ethyl adjacent to an activating group) is 1. The summed E-state index contributed by atoms with van der Waals surface area (Å²) in [5.41, 5.74) is 0. The molecule has 0 radical (unpaired) electrons. The standard InChI is InChI=1S/C15H24FN3O.2ClH/c1-18(10-11-19-8-6-17-7-9-19)12-13-20-15-4-2-14(16)3-5-15;;/h2-5,17H,6-13H2,1H3;2*1H. The summed E-state index contributed by atoms with van der Waals surface area (Å²) in [5.74, 6) is 0.493. The van der Waals surface area contributed by atoms with Crippen molar-refractivity contribution in [1.82, 2.24) is 15.1 Å². The molecule has 0 aromatic heterocycles. The molecule has 0 spiro atoms. The first-order chi connectivity index (χ1) is 9.74. The topological polar surface area (TPSA) is 27.7 Å². The van der Waals surface area contributed by atoms with Gasteiger partial charge in [-0.1, -0.05) is 0 Å². The van der Waals surface area contributed by atoms with E-state index in [0.717, 1.165) is 51.6 Å². The summed E-state index contributed by atoms with van der Waals surface area (Å²) in [6.07, 6.45) is 0. The van der Waals surface area contributed by atoms with E-state index < -0.39 is 0 Å². The smallest absolute Gasteiger partial charge is 0.123 e. The zero-order valence-corrected chi connectivity index (χ0v) is 14.6. The van der Waals surface area contributed by atoms with Crippen molar-refractivity contribution in [2.75, 3.05) is 59.5 Å². The maximum absolute atomic E-state index is 12.7. The molecule has 0 atom stereocenters. The Balaban J connectivity index is 0.00000220. The Morgan fingerprint density at radius 3 is 2.41 bits per heavy atom. The van der Waals surface area contributed by atoms with Gasteiger partial charge in [0, 0.05) is 45.8 Å². The molecule has 1 aliphatic heterocycles. The summed E-state index contributed by atoms with van der Waals surface area (Å²) in [7, 11) is 2.11. The van der Waals surface area contributed by atoms with Crippen LogP contribution in [0.5, 0.6) is 5.75 Å². The van der Waals surface area contributed by atoms with Crippen LogP contribution in [0.3, 0.4) is 0 Å². The van der Waals surface area contributed by atoms with E-state index >= 15 is 0 Å². The van der Waals surface area contributed by atoms with E-state index in [1.165, 1.54) is 12.1 Å². The molecule has 128 valence electrons. The van der Waals surface area contributed by atoms with Gasteiger partial charge in [-0.3, -0.25) is 4.90 Å². The molecule has 2 rings (SSSR count). The van der Waals surface area contributed by atoms with Crippen LogP contribution < -0.4 is 10.1 Å². The number of rotatable bonds is 7. The lowest BCUT2D eigenvalue weighted by Crippen LogP contribution is -2.46. The van der Waals surface area contributed by atoms with Gasteiger partial charge >= 0.3 is 0 Å². The average Bonchev–Trinajstić information content (AvgIpc) is 2.48. The molecule has 1 aromatic rings. The van der Waals surface area contributed by atoms with Gasteiger partial charge < -0.3 is 15.0 Å². The monoisotopic (exact) mass is 353 g/mol. The van der Waals surface area contributed by atoms with Crippen LogP contribution in [0.25, 0.3) is 0 Å². The van der Waals surface area contributed by atoms with Crippen LogP contribution in [-0.4, -0.2) is 69.3 Å². The highest BCUT2D eigenvalue weighted by molar-refractivity contribution is 5.85. The maximum Gasteiger partial charge on any atom is 0.123 e. The van der Waals surface area contributed by atoms with E-state index in [1.54, 1.807) is 12.1 Å². The fourth-order valence-electron chi connectivity index (χ4n) is 2.21. The van der Waals surface area contributed by atoms with Gasteiger partial charge in [0.05, 0.1) is 0 Å². The first-order valence-electron chi connectivity index (χ1n) is 7.24.